The van der Waals surface area contributed by atoms with Crippen LogP contribution in [0.5, 0.6) is 0 Å². The van der Waals surface area contributed by atoms with Crippen LogP contribution >= 0.6 is 0 Å². The van der Waals surface area contributed by atoms with Gasteiger partial charge in [0.25, 0.3) is 0 Å². The number of hydrogen-bond acceptors (Lipinski definition) is 2. The van der Waals surface area contributed by atoms with Crippen LogP contribution < -0.4 is 0 Å². The second-order valence-corrected chi connectivity index (χ2v) is 10.1. The first-order valence-corrected chi connectivity index (χ1v) is 14.0. The Morgan fingerprint density at radius 1 is 0.515 bits per heavy atom. The number of Topliss-reactive ketones (excluding diaryl/α,β-unsaturated/α-hetero) is 2. The second-order valence-electron chi connectivity index (χ2n) is 10.1. The van der Waals surface area contributed by atoms with Gasteiger partial charge in [0.1, 0.15) is 0 Å². The van der Waals surface area contributed by atoms with E-state index in [9.17, 15) is 9.59 Å². The fourth-order valence-electron chi connectivity index (χ4n) is 5.06. The third-order valence-corrected chi connectivity index (χ3v) is 7.26. The van der Waals surface area contributed by atoms with Gasteiger partial charge in [-0.1, -0.05) is 140 Å². The van der Waals surface area contributed by atoms with Gasteiger partial charge in [-0.3, -0.25) is 9.59 Å². The van der Waals surface area contributed by atoms with Crippen molar-refractivity contribution in [2.75, 3.05) is 0 Å². The van der Waals surface area contributed by atoms with Crippen LogP contribution in [0, 0.1) is 0 Å². The normalized spacial score (nSPS) is 13.6. The SMILES string of the molecule is CCCCCCCCCCCCCCCCCCCCC1=C(C)C(=O)c2ccccc2C1=O. The Kier molecular flexibility index (Phi) is 14.1. The summed E-state index contributed by atoms with van der Waals surface area (Å²) in [6.45, 7) is 4.10. The molecule has 33 heavy (non-hydrogen) atoms. The molecular weight excluding hydrogens is 404 g/mol. The van der Waals surface area contributed by atoms with Crippen molar-refractivity contribution in [3.05, 3.63) is 46.5 Å². The number of hydrogen-bond donors (Lipinski definition) is 0. The molecule has 2 nitrogen and oxygen atoms in total. The summed E-state index contributed by atoms with van der Waals surface area (Å²) in [5.41, 5.74) is 2.56. The number of ketones is 2. The molecule has 0 radical (unpaired) electrons. The Bertz CT molecular complexity index is 743. The standard InChI is InChI=1S/C31H48O2/c1-3-4-5-6-7-8-9-10-11-12-13-14-15-16-17-18-19-20-23-27-26(2)30(32)28-24-21-22-25-29(28)31(27)33/h21-22,24-25H,3-20,23H2,1-2H3. The van der Waals surface area contributed by atoms with Crippen LogP contribution in [-0.4, -0.2) is 11.6 Å². The highest BCUT2D eigenvalue weighted by atomic mass is 16.1. The molecule has 2 heteroatoms. The van der Waals surface area contributed by atoms with E-state index in [-0.39, 0.29) is 11.6 Å². The fourth-order valence-corrected chi connectivity index (χ4v) is 5.06. The predicted octanol–water partition coefficient (Wildman–Crippen LogP) is 9.81. The third kappa shape index (κ3) is 9.98. The summed E-state index contributed by atoms with van der Waals surface area (Å²) in [7, 11) is 0. The number of allylic oxidation sites excluding steroid dienone is 2. The van der Waals surface area contributed by atoms with Crippen molar-refractivity contribution >= 4 is 11.6 Å². The third-order valence-electron chi connectivity index (χ3n) is 7.26. The molecule has 0 amide bonds. The summed E-state index contributed by atoms with van der Waals surface area (Å²) in [5.74, 6) is 0.0947. The van der Waals surface area contributed by atoms with Crippen LogP contribution in [0.3, 0.4) is 0 Å². The van der Waals surface area contributed by atoms with Crippen LogP contribution in [0.2, 0.25) is 0 Å². The molecule has 2 rings (SSSR count). The average molecular weight is 453 g/mol. The highest BCUT2D eigenvalue weighted by molar-refractivity contribution is 6.26. The summed E-state index contributed by atoms with van der Waals surface area (Å²) < 4.78 is 0. The van der Waals surface area contributed by atoms with Gasteiger partial charge in [-0.2, -0.15) is 0 Å². The van der Waals surface area contributed by atoms with Crippen molar-refractivity contribution in [1.29, 1.82) is 0 Å². The minimum Gasteiger partial charge on any atom is -0.289 e. The Balaban J connectivity index is 1.42. The molecule has 0 N–H and O–H groups in total. The Morgan fingerprint density at radius 2 is 0.879 bits per heavy atom. The lowest BCUT2D eigenvalue weighted by Gasteiger charge is -2.18. The van der Waals surface area contributed by atoms with E-state index >= 15 is 0 Å². The molecule has 0 saturated heterocycles. The topological polar surface area (TPSA) is 34.1 Å². The van der Waals surface area contributed by atoms with E-state index in [1.807, 2.05) is 19.1 Å². The molecule has 0 fully saturated rings. The molecule has 1 aromatic carbocycles. The quantitative estimate of drug-likeness (QED) is 0.196. The molecule has 0 spiro atoms. The Labute approximate surface area is 203 Å². The summed E-state index contributed by atoms with van der Waals surface area (Å²) in [5, 5.41) is 0. The number of carbonyl (C=O) groups is 2. The largest absolute Gasteiger partial charge is 0.289 e. The van der Waals surface area contributed by atoms with Crippen molar-refractivity contribution in [2.24, 2.45) is 0 Å². The predicted molar refractivity (Wildman–Crippen MR) is 141 cm³/mol. The van der Waals surface area contributed by atoms with Crippen LogP contribution in [0.15, 0.2) is 35.4 Å². The number of carbonyl (C=O) groups excluding carboxylic acids is 2. The Morgan fingerprint density at radius 3 is 1.30 bits per heavy atom. The summed E-state index contributed by atoms with van der Waals surface area (Å²) in [4.78, 5) is 25.3. The first-order valence-electron chi connectivity index (χ1n) is 14.0. The molecule has 0 aliphatic heterocycles. The summed E-state index contributed by atoms with van der Waals surface area (Å²) in [6.07, 6.45) is 25.2. The molecule has 0 heterocycles. The van der Waals surface area contributed by atoms with Gasteiger partial charge in [-0.15, -0.1) is 0 Å². The fraction of sp³-hybridized carbons (Fsp3) is 0.677. The highest BCUT2D eigenvalue weighted by Crippen LogP contribution is 2.29. The molecular formula is C31H48O2. The first kappa shape index (κ1) is 27.5. The number of rotatable bonds is 19. The second kappa shape index (κ2) is 16.8. The van der Waals surface area contributed by atoms with Gasteiger partial charge in [0.05, 0.1) is 0 Å². The number of unbranched alkanes of at least 4 members (excludes halogenated alkanes) is 17. The maximum atomic E-state index is 12.8. The molecule has 0 atom stereocenters. The van der Waals surface area contributed by atoms with E-state index in [2.05, 4.69) is 6.92 Å². The zero-order chi connectivity index (χ0) is 23.7. The molecule has 0 unspecified atom stereocenters. The van der Waals surface area contributed by atoms with Crippen molar-refractivity contribution in [3.63, 3.8) is 0 Å². The van der Waals surface area contributed by atoms with Crippen LogP contribution in [0.4, 0.5) is 0 Å². The molecule has 1 aromatic rings. The van der Waals surface area contributed by atoms with E-state index in [1.54, 1.807) is 12.1 Å². The maximum Gasteiger partial charge on any atom is 0.190 e. The molecule has 0 bridgehead atoms. The Hall–Kier alpha value is -1.70. The minimum atomic E-state index is 0.0302. The first-order chi connectivity index (χ1) is 16.2. The smallest absolute Gasteiger partial charge is 0.190 e. The van der Waals surface area contributed by atoms with E-state index in [4.69, 9.17) is 0 Å². The number of benzene rings is 1. The van der Waals surface area contributed by atoms with Crippen molar-refractivity contribution in [1.82, 2.24) is 0 Å². The molecule has 0 aromatic heterocycles. The van der Waals surface area contributed by atoms with Gasteiger partial charge < -0.3 is 0 Å². The summed E-state index contributed by atoms with van der Waals surface area (Å²) >= 11 is 0. The van der Waals surface area contributed by atoms with Crippen LogP contribution in [-0.2, 0) is 0 Å². The number of fused-ring (bicyclic) bond motifs is 1. The van der Waals surface area contributed by atoms with Gasteiger partial charge in [-0.05, 0) is 19.8 Å². The van der Waals surface area contributed by atoms with Crippen molar-refractivity contribution in [3.8, 4) is 0 Å². The lowest BCUT2D eigenvalue weighted by molar-refractivity contribution is 0.0971. The van der Waals surface area contributed by atoms with E-state index < -0.39 is 0 Å². The van der Waals surface area contributed by atoms with Gasteiger partial charge >= 0.3 is 0 Å². The van der Waals surface area contributed by atoms with Crippen LogP contribution in [0.25, 0.3) is 0 Å². The van der Waals surface area contributed by atoms with Crippen LogP contribution in [0.1, 0.15) is 157 Å². The lowest BCUT2D eigenvalue weighted by Crippen LogP contribution is -2.20. The maximum absolute atomic E-state index is 12.8. The van der Waals surface area contributed by atoms with Crippen molar-refractivity contribution in [2.45, 2.75) is 136 Å². The minimum absolute atomic E-state index is 0.0302. The molecule has 1 aliphatic carbocycles. The van der Waals surface area contributed by atoms with Gasteiger partial charge in [-0.25, -0.2) is 0 Å². The average Bonchev–Trinajstić information content (AvgIpc) is 2.83. The molecule has 0 saturated carbocycles. The van der Waals surface area contributed by atoms with E-state index in [1.165, 1.54) is 103 Å². The zero-order valence-electron chi connectivity index (χ0n) is 21.6. The van der Waals surface area contributed by atoms with Gasteiger partial charge in [0.15, 0.2) is 11.6 Å². The van der Waals surface area contributed by atoms with Gasteiger partial charge in [0.2, 0.25) is 0 Å². The molecule has 184 valence electrons. The monoisotopic (exact) mass is 452 g/mol. The molecule has 1 aliphatic rings. The van der Waals surface area contributed by atoms with E-state index in [0.29, 0.717) is 16.7 Å². The zero-order valence-corrected chi connectivity index (χ0v) is 21.6. The summed E-state index contributed by atoms with van der Waals surface area (Å²) in [6, 6.07) is 7.24. The highest BCUT2D eigenvalue weighted by Gasteiger charge is 2.28. The van der Waals surface area contributed by atoms with Gasteiger partial charge in [0, 0.05) is 22.3 Å². The van der Waals surface area contributed by atoms with E-state index in [0.717, 1.165) is 24.8 Å². The lowest BCUT2D eigenvalue weighted by atomic mass is 9.82. The van der Waals surface area contributed by atoms with Crippen molar-refractivity contribution < 1.29 is 9.59 Å².